The van der Waals surface area contributed by atoms with Crippen molar-refractivity contribution in [3.63, 3.8) is 0 Å². The molecular formula is C17H19NO2S. The summed E-state index contributed by atoms with van der Waals surface area (Å²) in [5, 5.41) is 2.93. The number of carbonyl (C=O) groups excluding carboxylic acids is 1. The Labute approximate surface area is 129 Å². The molecule has 1 atom stereocenters. The molecule has 110 valence electrons. The molecule has 2 aromatic rings. The normalized spacial score (nSPS) is 18.0. The Hall–Kier alpha value is -1.52. The number of hydrogen-bond acceptors (Lipinski definition) is 4. The largest absolute Gasteiger partial charge is 0.378 e. The Morgan fingerprint density at radius 2 is 2.19 bits per heavy atom. The van der Waals surface area contributed by atoms with Crippen LogP contribution in [0.4, 0.5) is 0 Å². The van der Waals surface area contributed by atoms with Crippen molar-refractivity contribution in [2.24, 2.45) is 0 Å². The fourth-order valence-electron chi connectivity index (χ4n) is 2.58. The number of Topliss-reactive ketones (excluding diaryl/α,β-unsaturated/α-hetero) is 1. The lowest BCUT2D eigenvalue weighted by atomic mass is 10.1. The summed E-state index contributed by atoms with van der Waals surface area (Å²) in [4.78, 5) is 16.6. The summed E-state index contributed by atoms with van der Waals surface area (Å²) in [7, 11) is 0. The molecule has 1 saturated heterocycles. The molecule has 0 N–H and O–H groups in total. The van der Waals surface area contributed by atoms with Crippen molar-refractivity contribution in [3.05, 3.63) is 40.7 Å². The summed E-state index contributed by atoms with van der Waals surface area (Å²) < 4.78 is 5.55. The number of aromatic nitrogens is 1. The SMILES string of the molecule is O=C(CCC1CCCO1)Cc1nc(-c2ccccc2)cs1. The van der Waals surface area contributed by atoms with Crippen LogP contribution < -0.4 is 0 Å². The molecule has 1 aromatic heterocycles. The Bertz CT molecular complexity index is 588. The highest BCUT2D eigenvalue weighted by Crippen LogP contribution is 2.23. The zero-order chi connectivity index (χ0) is 14.5. The van der Waals surface area contributed by atoms with E-state index in [9.17, 15) is 4.79 Å². The minimum absolute atomic E-state index is 0.263. The van der Waals surface area contributed by atoms with Gasteiger partial charge in [0, 0.05) is 24.0 Å². The molecule has 3 nitrogen and oxygen atoms in total. The van der Waals surface area contributed by atoms with Gasteiger partial charge in [-0.25, -0.2) is 4.98 Å². The van der Waals surface area contributed by atoms with E-state index in [2.05, 4.69) is 4.98 Å². The fraction of sp³-hybridized carbons (Fsp3) is 0.412. The smallest absolute Gasteiger partial charge is 0.139 e. The third-order valence-corrected chi connectivity index (χ3v) is 4.59. The molecule has 2 heterocycles. The molecule has 1 aliphatic heterocycles. The van der Waals surface area contributed by atoms with Crippen LogP contribution in [0.15, 0.2) is 35.7 Å². The van der Waals surface area contributed by atoms with Crippen molar-refractivity contribution in [1.29, 1.82) is 0 Å². The van der Waals surface area contributed by atoms with Gasteiger partial charge in [-0.1, -0.05) is 30.3 Å². The Balaban J connectivity index is 1.53. The quantitative estimate of drug-likeness (QED) is 0.813. The van der Waals surface area contributed by atoms with Gasteiger partial charge in [-0.15, -0.1) is 11.3 Å². The second kappa shape index (κ2) is 6.96. The van der Waals surface area contributed by atoms with Gasteiger partial charge >= 0.3 is 0 Å². The number of ether oxygens (including phenoxy) is 1. The standard InChI is InChI=1S/C17H19NO2S/c19-14(8-9-15-7-4-10-20-15)11-17-18-16(12-21-17)13-5-2-1-3-6-13/h1-3,5-6,12,15H,4,7-11H2. The van der Waals surface area contributed by atoms with Crippen LogP contribution in [-0.2, 0) is 16.0 Å². The number of carbonyl (C=O) groups is 1. The van der Waals surface area contributed by atoms with Crippen LogP contribution in [0.3, 0.4) is 0 Å². The summed E-state index contributed by atoms with van der Waals surface area (Å²) in [6.07, 6.45) is 4.43. The molecular weight excluding hydrogens is 282 g/mol. The molecule has 21 heavy (non-hydrogen) atoms. The van der Waals surface area contributed by atoms with Crippen molar-refractivity contribution < 1.29 is 9.53 Å². The molecule has 0 radical (unpaired) electrons. The number of rotatable bonds is 6. The van der Waals surface area contributed by atoms with E-state index in [1.165, 1.54) is 0 Å². The van der Waals surface area contributed by atoms with Crippen molar-refractivity contribution in [2.75, 3.05) is 6.61 Å². The Kier molecular flexibility index (Phi) is 4.78. The maximum absolute atomic E-state index is 12.0. The zero-order valence-corrected chi connectivity index (χ0v) is 12.8. The minimum Gasteiger partial charge on any atom is -0.378 e. The highest BCUT2D eigenvalue weighted by molar-refractivity contribution is 7.10. The third kappa shape index (κ3) is 3.99. The van der Waals surface area contributed by atoms with Gasteiger partial charge in [0.25, 0.3) is 0 Å². The first-order valence-corrected chi connectivity index (χ1v) is 8.32. The first-order valence-electron chi connectivity index (χ1n) is 7.44. The average molecular weight is 301 g/mol. The van der Waals surface area contributed by atoms with Gasteiger partial charge in [-0.3, -0.25) is 4.79 Å². The van der Waals surface area contributed by atoms with Crippen molar-refractivity contribution in [3.8, 4) is 11.3 Å². The molecule has 1 aliphatic rings. The van der Waals surface area contributed by atoms with Crippen LogP contribution in [0.25, 0.3) is 11.3 Å². The van der Waals surface area contributed by atoms with Gasteiger partial charge in [-0.05, 0) is 19.3 Å². The summed E-state index contributed by atoms with van der Waals surface area (Å²) in [6.45, 7) is 0.853. The number of benzene rings is 1. The number of nitrogens with zero attached hydrogens (tertiary/aromatic N) is 1. The predicted octanol–water partition coefficient (Wildman–Crippen LogP) is 3.88. The molecule has 1 unspecified atom stereocenters. The van der Waals surface area contributed by atoms with Crippen molar-refractivity contribution in [1.82, 2.24) is 4.98 Å². The molecule has 1 aromatic carbocycles. The topological polar surface area (TPSA) is 39.2 Å². The fourth-order valence-corrected chi connectivity index (χ4v) is 3.42. The van der Waals surface area contributed by atoms with Crippen LogP contribution in [0, 0.1) is 0 Å². The summed E-state index contributed by atoms with van der Waals surface area (Å²) in [5.41, 5.74) is 2.06. The molecule has 0 aliphatic carbocycles. The third-order valence-electron chi connectivity index (χ3n) is 3.74. The van der Waals surface area contributed by atoms with Gasteiger partial charge in [0.1, 0.15) is 10.8 Å². The Morgan fingerprint density at radius 1 is 1.33 bits per heavy atom. The monoisotopic (exact) mass is 301 g/mol. The minimum atomic E-state index is 0.263. The van der Waals surface area contributed by atoms with E-state index in [4.69, 9.17) is 4.74 Å². The second-order valence-electron chi connectivity index (χ2n) is 5.38. The van der Waals surface area contributed by atoms with Gasteiger partial charge in [0.15, 0.2) is 0 Å². The van der Waals surface area contributed by atoms with E-state index in [0.717, 1.165) is 42.1 Å². The van der Waals surface area contributed by atoms with Gasteiger partial charge in [0.2, 0.25) is 0 Å². The van der Waals surface area contributed by atoms with Gasteiger partial charge < -0.3 is 4.74 Å². The molecule has 0 amide bonds. The lowest BCUT2D eigenvalue weighted by Crippen LogP contribution is -2.10. The van der Waals surface area contributed by atoms with E-state index >= 15 is 0 Å². The predicted molar refractivity (Wildman–Crippen MR) is 84.5 cm³/mol. The van der Waals surface area contributed by atoms with E-state index in [-0.39, 0.29) is 5.78 Å². The highest BCUT2D eigenvalue weighted by Gasteiger charge is 2.17. The summed E-state index contributed by atoms with van der Waals surface area (Å²) >= 11 is 1.57. The number of hydrogen-bond donors (Lipinski definition) is 0. The molecule has 0 spiro atoms. The lowest BCUT2D eigenvalue weighted by Gasteiger charge is -2.07. The summed E-state index contributed by atoms with van der Waals surface area (Å²) in [6, 6.07) is 10.1. The van der Waals surface area contributed by atoms with Crippen molar-refractivity contribution >= 4 is 17.1 Å². The zero-order valence-electron chi connectivity index (χ0n) is 12.0. The van der Waals surface area contributed by atoms with Crippen LogP contribution in [0.1, 0.15) is 30.7 Å². The molecule has 0 saturated carbocycles. The van der Waals surface area contributed by atoms with Crippen LogP contribution in [0.2, 0.25) is 0 Å². The van der Waals surface area contributed by atoms with Crippen LogP contribution in [0.5, 0.6) is 0 Å². The van der Waals surface area contributed by atoms with E-state index in [1.807, 2.05) is 35.7 Å². The first-order chi connectivity index (χ1) is 10.3. The van der Waals surface area contributed by atoms with Crippen LogP contribution in [-0.4, -0.2) is 23.5 Å². The highest BCUT2D eigenvalue weighted by atomic mass is 32.1. The molecule has 1 fully saturated rings. The number of thiazole rings is 1. The van der Waals surface area contributed by atoms with Gasteiger partial charge in [-0.2, -0.15) is 0 Å². The maximum Gasteiger partial charge on any atom is 0.139 e. The van der Waals surface area contributed by atoms with Crippen LogP contribution >= 0.6 is 11.3 Å². The second-order valence-corrected chi connectivity index (χ2v) is 6.32. The van der Waals surface area contributed by atoms with E-state index in [1.54, 1.807) is 11.3 Å². The van der Waals surface area contributed by atoms with Crippen molar-refractivity contribution in [2.45, 2.75) is 38.2 Å². The molecule has 4 heteroatoms. The maximum atomic E-state index is 12.0. The average Bonchev–Trinajstić information content (AvgIpc) is 3.17. The summed E-state index contributed by atoms with van der Waals surface area (Å²) in [5.74, 6) is 0.263. The number of ketones is 1. The Morgan fingerprint density at radius 3 is 2.95 bits per heavy atom. The first kappa shape index (κ1) is 14.4. The van der Waals surface area contributed by atoms with E-state index < -0.39 is 0 Å². The van der Waals surface area contributed by atoms with E-state index in [0.29, 0.717) is 18.9 Å². The molecule has 3 rings (SSSR count). The molecule has 0 bridgehead atoms. The lowest BCUT2D eigenvalue weighted by molar-refractivity contribution is -0.119. The van der Waals surface area contributed by atoms with Gasteiger partial charge in [0.05, 0.1) is 18.2 Å².